The van der Waals surface area contributed by atoms with Crippen molar-refractivity contribution in [1.82, 2.24) is 15.1 Å². The monoisotopic (exact) mass is 205 g/mol. The molecule has 1 aromatic heterocycles. The smallest absolute Gasteiger partial charge is 0.270 e. The van der Waals surface area contributed by atoms with E-state index < -0.39 is 0 Å². The maximum atomic E-state index is 11.7. The van der Waals surface area contributed by atoms with Crippen LogP contribution in [0.4, 0.5) is 0 Å². The molecule has 15 heavy (non-hydrogen) atoms. The molecule has 1 amide bonds. The van der Waals surface area contributed by atoms with Crippen LogP contribution in [0, 0.1) is 12.3 Å². The Morgan fingerprint density at radius 2 is 2.53 bits per heavy atom. The Balaban J connectivity index is 2.64. The first-order valence-electron chi connectivity index (χ1n) is 4.94. The number of hydrogen-bond acceptors (Lipinski definition) is 2. The van der Waals surface area contributed by atoms with Gasteiger partial charge in [-0.2, -0.15) is 5.10 Å². The number of amides is 1. The minimum atomic E-state index is -0.197. The standard InChI is InChI=1S/C11H15N3O/c1-4-6-9(5-2)13-11(15)10-7-8-12-14(10)3/h2,7-9H,4,6H2,1,3H3,(H,13,15). The van der Waals surface area contributed by atoms with E-state index in [0.717, 1.165) is 12.8 Å². The minimum absolute atomic E-state index is 0.175. The Morgan fingerprint density at radius 3 is 3.00 bits per heavy atom. The van der Waals surface area contributed by atoms with Crippen molar-refractivity contribution in [2.45, 2.75) is 25.8 Å². The number of nitrogens with one attached hydrogen (secondary N) is 1. The Hall–Kier alpha value is -1.76. The first kappa shape index (κ1) is 11.3. The van der Waals surface area contributed by atoms with Crippen molar-refractivity contribution in [3.05, 3.63) is 18.0 Å². The third kappa shape index (κ3) is 2.84. The number of hydrogen-bond donors (Lipinski definition) is 1. The summed E-state index contributed by atoms with van der Waals surface area (Å²) >= 11 is 0. The van der Waals surface area contributed by atoms with Gasteiger partial charge in [-0.05, 0) is 12.5 Å². The van der Waals surface area contributed by atoms with Crippen molar-refractivity contribution < 1.29 is 4.79 Å². The molecular weight excluding hydrogens is 190 g/mol. The molecular formula is C11H15N3O. The normalized spacial score (nSPS) is 11.8. The summed E-state index contributed by atoms with van der Waals surface area (Å²) in [7, 11) is 1.72. The highest BCUT2D eigenvalue weighted by Gasteiger charge is 2.13. The lowest BCUT2D eigenvalue weighted by Crippen LogP contribution is -2.34. The van der Waals surface area contributed by atoms with Gasteiger partial charge in [-0.1, -0.05) is 19.3 Å². The highest BCUT2D eigenvalue weighted by atomic mass is 16.2. The molecule has 0 aliphatic heterocycles. The summed E-state index contributed by atoms with van der Waals surface area (Å²) in [5.74, 6) is 2.38. The fourth-order valence-corrected chi connectivity index (χ4v) is 1.31. The molecule has 1 atom stereocenters. The largest absolute Gasteiger partial charge is 0.337 e. The van der Waals surface area contributed by atoms with Crippen LogP contribution in [-0.2, 0) is 7.05 Å². The first-order chi connectivity index (χ1) is 7.19. The van der Waals surface area contributed by atoms with Crippen molar-refractivity contribution in [3.63, 3.8) is 0 Å². The lowest BCUT2D eigenvalue weighted by Gasteiger charge is -2.11. The van der Waals surface area contributed by atoms with Crippen LogP contribution in [0.25, 0.3) is 0 Å². The van der Waals surface area contributed by atoms with E-state index in [1.54, 1.807) is 19.3 Å². The van der Waals surface area contributed by atoms with E-state index in [1.165, 1.54) is 4.68 Å². The van der Waals surface area contributed by atoms with E-state index >= 15 is 0 Å². The number of rotatable bonds is 4. The first-order valence-corrected chi connectivity index (χ1v) is 4.94. The van der Waals surface area contributed by atoms with E-state index in [9.17, 15) is 4.79 Å². The van der Waals surface area contributed by atoms with Crippen LogP contribution in [0.15, 0.2) is 12.3 Å². The van der Waals surface area contributed by atoms with Crippen LogP contribution in [-0.4, -0.2) is 21.7 Å². The number of carbonyl (C=O) groups excluding carboxylic acids is 1. The predicted octanol–water partition coefficient (Wildman–Crippen LogP) is 0.952. The van der Waals surface area contributed by atoms with Crippen molar-refractivity contribution >= 4 is 5.91 Å². The minimum Gasteiger partial charge on any atom is -0.337 e. The molecule has 80 valence electrons. The average Bonchev–Trinajstić information content (AvgIpc) is 2.63. The summed E-state index contributed by atoms with van der Waals surface area (Å²) in [5.41, 5.74) is 0.520. The molecule has 0 radical (unpaired) electrons. The lowest BCUT2D eigenvalue weighted by molar-refractivity contribution is 0.0935. The molecule has 4 nitrogen and oxygen atoms in total. The van der Waals surface area contributed by atoms with Gasteiger partial charge in [0.1, 0.15) is 5.69 Å². The van der Waals surface area contributed by atoms with E-state index in [-0.39, 0.29) is 11.9 Å². The average molecular weight is 205 g/mol. The van der Waals surface area contributed by atoms with E-state index in [2.05, 4.69) is 16.3 Å². The van der Waals surface area contributed by atoms with Crippen LogP contribution in [0.5, 0.6) is 0 Å². The van der Waals surface area contributed by atoms with Gasteiger partial charge < -0.3 is 5.32 Å². The summed E-state index contributed by atoms with van der Waals surface area (Å²) in [6.07, 6.45) is 8.63. The van der Waals surface area contributed by atoms with E-state index in [0.29, 0.717) is 5.69 Å². The van der Waals surface area contributed by atoms with Gasteiger partial charge in [0.05, 0.1) is 6.04 Å². The summed E-state index contributed by atoms with van der Waals surface area (Å²) in [5, 5.41) is 6.70. The Labute approximate surface area is 89.7 Å². The maximum Gasteiger partial charge on any atom is 0.270 e. The molecule has 0 bridgehead atoms. The zero-order valence-electron chi connectivity index (χ0n) is 9.03. The summed E-state index contributed by atoms with van der Waals surface area (Å²) in [4.78, 5) is 11.7. The molecule has 1 aromatic rings. The number of aryl methyl sites for hydroxylation is 1. The van der Waals surface area contributed by atoms with E-state index in [4.69, 9.17) is 6.42 Å². The Morgan fingerprint density at radius 1 is 1.80 bits per heavy atom. The molecule has 0 saturated carbocycles. The van der Waals surface area contributed by atoms with Crippen LogP contribution in [0.3, 0.4) is 0 Å². The number of nitrogens with zero attached hydrogens (tertiary/aromatic N) is 2. The summed E-state index contributed by atoms with van der Waals surface area (Å²) < 4.78 is 1.52. The van der Waals surface area contributed by atoms with Gasteiger partial charge in [0.15, 0.2) is 0 Å². The van der Waals surface area contributed by atoms with Gasteiger partial charge >= 0.3 is 0 Å². The fourth-order valence-electron chi connectivity index (χ4n) is 1.31. The van der Waals surface area contributed by atoms with Crippen molar-refractivity contribution in [2.75, 3.05) is 0 Å². The SMILES string of the molecule is C#CC(CCC)NC(=O)c1ccnn1C. The van der Waals surface area contributed by atoms with Crippen LogP contribution >= 0.6 is 0 Å². The fraction of sp³-hybridized carbons (Fsp3) is 0.455. The van der Waals surface area contributed by atoms with Gasteiger partial charge in [0.25, 0.3) is 5.91 Å². The van der Waals surface area contributed by atoms with Crippen LogP contribution in [0.2, 0.25) is 0 Å². The molecule has 4 heteroatoms. The topological polar surface area (TPSA) is 46.9 Å². The maximum absolute atomic E-state index is 11.7. The highest BCUT2D eigenvalue weighted by molar-refractivity contribution is 5.92. The van der Waals surface area contributed by atoms with Gasteiger partial charge in [-0.15, -0.1) is 6.42 Å². The second kappa shape index (κ2) is 5.20. The van der Waals surface area contributed by atoms with Gasteiger partial charge in [0.2, 0.25) is 0 Å². The molecule has 0 fully saturated rings. The van der Waals surface area contributed by atoms with Crippen molar-refractivity contribution in [2.24, 2.45) is 7.05 Å². The highest BCUT2D eigenvalue weighted by Crippen LogP contribution is 2.00. The number of terminal acetylenes is 1. The third-order valence-electron chi connectivity index (χ3n) is 2.14. The zero-order chi connectivity index (χ0) is 11.3. The molecule has 1 unspecified atom stereocenters. The molecule has 0 aromatic carbocycles. The Bertz CT molecular complexity index is 375. The second-order valence-electron chi connectivity index (χ2n) is 3.32. The molecule has 0 spiro atoms. The number of carbonyl (C=O) groups is 1. The summed E-state index contributed by atoms with van der Waals surface area (Å²) in [6, 6.07) is 1.46. The molecule has 1 rings (SSSR count). The van der Waals surface area contributed by atoms with Crippen molar-refractivity contribution in [1.29, 1.82) is 0 Å². The van der Waals surface area contributed by atoms with Crippen LogP contribution < -0.4 is 5.32 Å². The van der Waals surface area contributed by atoms with Crippen molar-refractivity contribution in [3.8, 4) is 12.3 Å². The third-order valence-corrected chi connectivity index (χ3v) is 2.14. The van der Waals surface area contributed by atoms with Crippen LogP contribution in [0.1, 0.15) is 30.3 Å². The van der Waals surface area contributed by atoms with Gasteiger partial charge in [-0.3, -0.25) is 9.48 Å². The molecule has 0 saturated heterocycles. The summed E-state index contributed by atoms with van der Waals surface area (Å²) in [6.45, 7) is 2.03. The zero-order valence-corrected chi connectivity index (χ0v) is 9.03. The predicted molar refractivity (Wildman–Crippen MR) is 58.2 cm³/mol. The molecule has 1 heterocycles. The van der Waals surface area contributed by atoms with Gasteiger partial charge in [0, 0.05) is 13.2 Å². The molecule has 0 aliphatic carbocycles. The molecule has 1 N–H and O–H groups in total. The lowest BCUT2D eigenvalue weighted by atomic mass is 10.2. The van der Waals surface area contributed by atoms with E-state index in [1.807, 2.05) is 6.92 Å². The second-order valence-corrected chi connectivity index (χ2v) is 3.32. The molecule has 0 aliphatic rings. The van der Waals surface area contributed by atoms with Gasteiger partial charge in [-0.25, -0.2) is 0 Å². The number of aromatic nitrogens is 2. The Kier molecular flexibility index (Phi) is 3.92. The quantitative estimate of drug-likeness (QED) is 0.744.